The first-order valence-corrected chi connectivity index (χ1v) is 7.32. The molecule has 0 radical (unpaired) electrons. The largest absolute Gasteiger partial charge is 0.317 e. The topological polar surface area (TPSA) is 29.9 Å². The molecule has 0 aliphatic heterocycles. The first-order valence-electron chi connectivity index (χ1n) is 6.53. The summed E-state index contributed by atoms with van der Waals surface area (Å²) in [5.74, 6) is 0. The van der Waals surface area contributed by atoms with E-state index < -0.39 is 0 Å². The van der Waals surface area contributed by atoms with Crippen molar-refractivity contribution in [3.05, 3.63) is 15.9 Å². The minimum atomic E-state index is 0.646. The van der Waals surface area contributed by atoms with Gasteiger partial charge in [0.25, 0.3) is 0 Å². The van der Waals surface area contributed by atoms with Crippen LogP contribution >= 0.6 is 15.9 Å². The molecule has 0 saturated carbocycles. The first kappa shape index (κ1) is 14.7. The van der Waals surface area contributed by atoms with Gasteiger partial charge in [0.15, 0.2) is 0 Å². The van der Waals surface area contributed by atoms with Crippen molar-refractivity contribution in [1.29, 1.82) is 0 Å². The van der Waals surface area contributed by atoms with Crippen LogP contribution in [-0.2, 0) is 13.0 Å². The summed E-state index contributed by atoms with van der Waals surface area (Å²) in [6.07, 6.45) is 4.74. The Hall–Kier alpha value is -0.350. The quantitative estimate of drug-likeness (QED) is 0.837. The van der Waals surface area contributed by atoms with E-state index in [-0.39, 0.29) is 0 Å². The summed E-state index contributed by atoms with van der Waals surface area (Å²) >= 11 is 3.64. The fourth-order valence-corrected chi connectivity index (χ4v) is 2.66. The predicted molar refractivity (Wildman–Crippen MR) is 76.4 cm³/mol. The van der Waals surface area contributed by atoms with Crippen molar-refractivity contribution in [2.24, 2.45) is 0 Å². The standard InChI is InChI=1S/C13H24BrN3/c1-5-11(15-4)8-7-9-12-13(14)10(3)16-17(12)6-2/h11,15H,5-9H2,1-4H3. The van der Waals surface area contributed by atoms with Crippen molar-refractivity contribution in [1.82, 2.24) is 15.1 Å². The SMILES string of the molecule is CCC(CCCc1c(Br)c(C)nn1CC)NC. The number of aromatic nitrogens is 2. The molecule has 0 bridgehead atoms. The second-order valence-electron chi connectivity index (χ2n) is 4.45. The molecule has 3 nitrogen and oxygen atoms in total. The van der Waals surface area contributed by atoms with Gasteiger partial charge in [-0.2, -0.15) is 5.10 Å². The van der Waals surface area contributed by atoms with Crippen LogP contribution in [0.2, 0.25) is 0 Å². The lowest BCUT2D eigenvalue weighted by atomic mass is 10.1. The fraction of sp³-hybridized carbons (Fsp3) is 0.769. The maximum atomic E-state index is 4.52. The van der Waals surface area contributed by atoms with E-state index in [1.54, 1.807) is 0 Å². The van der Waals surface area contributed by atoms with Crippen LogP contribution in [0, 0.1) is 6.92 Å². The maximum Gasteiger partial charge on any atom is 0.0738 e. The Labute approximate surface area is 113 Å². The van der Waals surface area contributed by atoms with Gasteiger partial charge in [-0.25, -0.2) is 0 Å². The number of nitrogens with zero attached hydrogens (tertiary/aromatic N) is 2. The highest BCUT2D eigenvalue weighted by Crippen LogP contribution is 2.23. The average molecular weight is 302 g/mol. The average Bonchev–Trinajstić information content (AvgIpc) is 2.62. The lowest BCUT2D eigenvalue weighted by Crippen LogP contribution is -2.24. The zero-order valence-corrected chi connectivity index (χ0v) is 13.0. The molecule has 0 aromatic carbocycles. The predicted octanol–water partition coefficient (Wildman–Crippen LogP) is 3.29. The molecule has 17 heavy (non-hydrogen) atoms. The number of hydrogen-bond donors (Lipinski definition) is 1. The van der Waals surface area contributed by atoms with E-state index in [0.29, 0.717) is 6.04 Å². The molecule has 0 aliphatic rings. The molecule has 1 N–H and O–H groups in total. The molecule has 1 aromatic heterocycles. The zero-order valence-electron chi connectivity index (χ0n) is 11.4. The third kappa shape index (κ3) is 3.81. The molecule has 0 amide bonds. The highest BCUT2D eigenvalue weighted by molar-refractivity contribution is 9.10. The van der Waals surface area contributed by atoms with E-state index in [1.165, 1.54) is 29.4 Å². The van der Waals surface area contributed by atoms with E-state index in [9.17, 15) is 0 Å². The third-order valence-corrected chi connectivity index (χ3v) is 4.35. The van der Waals surface area contributed by atoms with Crippen LogP contribution in [0.1, 0.15) is 44.5 Å². The van der Waals surface area contributed by atoms with Gasteiger partial charge in [0.2, 0.25) is 0 Å². The van der Waals surface area contributed by atoms with Gasteiger partial charge < -0.3 is 5.32 Å². The van der Waals surface area contributed by atoms with E-state index in [2.05, 4.69) is 51.8 Å². The second kappa shape index (κ2) is 7.17. The number of halogens is 1. The Morgan fingerprint density at radius 2 is 2.12 bits per heavy atom. The van der Waals surface area contributed by atoms with Crippen LogP contribution < -0.4 is 5.32 Å². The molecule has 1 atom stereocenters. The monoisotopic (exact) mass is 301 g/mol. The van der Waals surface area contributed by atoms with Gasteiger partial charge in [0, 0.05) is 12.6 Å². The Morgan fingerprint density at radius 1 is 1.41 bits per heavy atom. The van der Waals surface area contributed by atoms with E-state index in [0.717, 1.165) is 18.7 Å². The summed E-state index contributed by atoms with van der Waals surface area (Å²) in [6.45, 7) is 7.38. The molecule has 1 rings (SSSR count). The van der Waals surface area contributed by atoms with Crippen LogP contribution in [0.15, 0.2) is 4.47 Å². The van der Waals surface area contributed by atoms with Gasteiger partial charge in [-0.1, -0.05) is 6.92 Å². The Bertz CT molecular complexity index is 343. The zero-order chi connectivity index (χ0) is 12.8. The van der Waals surface area contributed by atoms with Gasteiger partial charge in [-0.15, -0.1) is 0 Å². The van der Waals surface area contributed by atoms with Crippen LogP contribution in [0.5, 0.6) is 0 Å². The van der Waals surface area contributed by atoms with Gasteiger partial charge in [-0.3, -0.25) is 4.68 Å². The maximum absolute atomic E-state index is 4.52. The van der Waals surface area contributed by atoms with Gasteiger partial charge in [0.05, 0.1) is 15.9 Å². The smallest absolute Gasteiger partial charge is 0.0738 e. The molecule has 0 saturated heterocycles. The van der Waals surface area contributed by atoms with Crippen molar-refractivity contribution in [2.45, 2.75) is 59.0 Å². The molecule has 4 heteroatoms. The molecule has 0 spiro atoms. The van der Waals surface area contributed by atoms with Crippen LogP contribution in [0.3, 0.4) is 0 Å². The molecular weight excluding hydrogens is 278 g/mol. The van der Waals surface area contributed by atoms with Crippen molar-refractivity contribution in [2.75, 3.05) is 7.05 Å². The first-order chi connectivity index (χ1) is 8.13. The number of hydrogen-bond acceptors (Lipinski definition) is 2. The summed E-state index contributed by atoms with van der Waals surface area (Å²) in [5.41, 5.74) is 2.44. The van der Waals surface area contributed by atoms with Gasteiger partial charge in [0.1, 0.15) is 0 Å². The molecule has 0 aliphatic carbocycles. The Kier molecular flexibility index (Phi) is 6.20. The third-order valence-electron chi connectivity index (χ3n) is 3.32. The lowest BCUT2D eigenvalue weighted by molar-refractivity contribution is 0.484. The van der Waals surface area contributed by atoms with Crippen LogP contribution in [0.25, 0.3) is 0 Å². The summed E-state index contributed by atoms with van der Waals surface area (Å²) in [4.78, 5) is 0. The number of rotatable bonds is 7. The Morgan fingerprint density at radius 3 is 2.65 bits per heavy atom. The van der Waals surface area contributed by atoms with Crippen molar-refractivity contribution < 1.29 is 0 Å². The number of nitrogens with one attached hydrogen (secondary N) is 1. The molecule has 0 fully saturated rings. The summed E-state index contributed by atoms with van der Waals surface area (Å²) in [6, 6.07) is 0.646. The Balaban J connectivity index is 2.56. The minimum Gasteiger partial charge on any atom is -0.317 e. The van der Waals surface area contributed by atoms with E-state index in [1.807, 2.05) is 7.05 Å². The molecule has 1 unspecified atom stereocenters. The molecular formula is C13H24BrN3. The van der Waals surface area contributed by atoms with Crippen molar-refractivity contribution >= 4 is 15.9 Å². The van der Waals surface area contributed by atoms with Crippen LogP contribution in [0.4, 0.5) is 0 Å². The number of aryl methyl sites for hydroxylation is 2. The van der Waals surface area contributed by atoms with Crippen molar-refractivity contribution in [3.63, 3.8) is 0 Å². The summed E-state index contributed by atoms with van der Waals surface area (Å²) in [5, 5.41) is 7.87. The second-order valence-corrected chi connectivity index (χ2v) is 5.24. The fourth-order valence-electron chi connectivity index (χ4n) is 2.18. The summed E-state index contributed by atoms with van der Waals surface area (Å²) in [7, 11) is 2.05. The molecule has 98 valence electrons. The van der Waals surface area contributed by atoms with E-state index in [4.69, 9.17) is 0 Å². The van der Waals surface area contributed by atoms with Gasteiger partial charge >= 0.3 is 0 Å². The van der Waals surface area contributed by atoms with Crippen molar-refractivity contribution in [3.8, 4) is 0 Å². The lowest BCUT2D eigenvalue weighted by Gasteiger charge is -2.13. The van der Waals surface area contributed by atoms with Gasteiger partial charge in [-0.05, 0) is 62.5 Å². The minimum absolute atomic E-state index is 0.646. The summed E-state index contributed by atoms with van der Waals surface area (Å²) < 4.78 is 3.30. The van der Waals surface area contributed by atoms with E-state index >= 15 is 0 Å². The normalized spacial score (nSPS) is 13.0. The molecule has 1 heterocycles. The van der Waals surface area contributed by atoms with Crippen LogP contribution in [-0.4, -0.2) is 22.9 Å². The molecule has 1 aromatic rings. The highest BCUT2D eigenvalue weighted by atomic mass is 79.9. The highest BCUT2D eigenvalue weighted by Gasteiger charge is 2.12.